The summed E-state index contributed by atoms with van der Waals surface area (Å²) in [4.78, 5) is 30.9. The standard InChI is InChI=1S/C16H16ClN3O3S/c17-11-3-1-9(24-11)2-4-12(21)20-6-8-5-10(20)13(8)15-14(16(18)22)19-7-23-15/h1,3,7-8,10,13H,2,4-6H2,(H2,18,22). The predicted octanol–water partition coefficient (Wildman–Crippen LogP) is 2.44. The van der Waals surface area contributed by atoms with Crippen LogP contribution in [-0.4, -0.2) is 34.3 Å². The van der Waals surface area contributed by atoms with Gasteiger partial charge in [-0.1, -0.05) is 11.6 Å². The molecule has 2 amide bonds. The maximum Gasteiger partial charge on any atom is 0.270 e. The Morgan fingerprint density at radius 2 is 2.29 bits per heavy atom. The van der Waals surface area contributed by atoms with E-state index in [1.165, 1.54) is 17.7 Å². The SMILES string of the molecule is NC(=O)c1ncoc1C1C2CC1N(C(=O)CCc1ccc(Cl)s1)C2. The molecule has 2 aliphatic heterocycles. The van der Waals surface area contributed by atoms with Crippen molar-refractivity contribution in [2.24, 2.45) is 11.7 Å². The number of carbonyl (C=O) groups is 2. The number of aryl methyl sites for hydroxylation is 1. The Bertz CT molecular complexity index is 802. The molecule has 0 radical (unpaired) electrons. The fourth-order valence-corrected chi connectivity index (χ4v) is 4.92. The lowest BCUT2D eigenvalue weighted by atomic mass is 9.72. The maximum absolute atomic E-state index is 12.6. The van der Waals surface area contributed by atoms with Gasteiger partial charge >= 0.3 is 0 Å². The topological polar surface area (TPSA) is 89.4 Å². The number of primary amides is 1. The van der Waals surface area contributed by atoms with Gasteiger partial charge in [-0.2, -0.15) is 0 Å². The first-order valence-electron chi connectivity index (χ1n) is 7.81. The van der Waals surface area contributed by atoms with Crippen molar-refractivity contribution >= 4 is 34.8 Å². The predicted molar refractivity (Wildman–Crippen MR) is 89.0 cm³/mol. The monoisotopic (exact) mass is 365 g/mol. The smallest absolute Gasteiger partial charge is 0.270 e. The molecule has 2 N–H and O–H groups in total. The fourth-order valence-electron chi connectivity index (χ4n) is 3.83. The Morgan fingerprint density at radius 1 is 1.46 bits per heavy atom. The third-order valence-electron chi connectivity index (χ3n) is 4.96. The first-order valence-corrected chi connectivity index (χ1v) is 9.01. The average molecular weight is 366 g/mol. The van der Waals surface area contributed by atoms with Crippen molar-refractivity contribution in [1.82, 2.24) is 9.88 Å². The van der Waals surface area contributed by atoms with Crippen LogP contribution in [-0.2, 0) is 11.2 Å². The van der Waals surface area contributed by atoms with Crippen molar-refractivity contribution in [3.8, 4) is 0 Å². The number of nitrogens with two attached hydrogens (primary N) is 1. The van der Waals surface area contributed by atoms with Crippen LogP contribution in [0.4, 0.5) is 0 Å². The van der Waals surface area contributed by atoms with Gasteiger partial charge in [-0.25, -0.2) is 4.98 Å². The van der Waals surface area contributed by atoms with Crippen molar-refractivity contribution < 1.29 is 14.0 Å². The van der Waals surface area contributed by atoms with Crippen LogP contribution < -0.4 is 5.73 Å². The summed E-state index contributed by atoms with van der Waals surface area (Å²) in [7, 11) is 0. The summed E-state index contributed by atoms with van der Waals surface area (Å²) in [5, 5.41) is 0. The molecule has 3 aliphatic rings. The molecule has 126 valence electrons. The zero-order chi connectivity index (χ0) is 16.8. The molecule has 3 unspecified atom stereocenters. The number of halogens is 1. The average Bonchev–Trinajstić information content (AvgIpc) is 3.27. The third-order valence-corrected chi connectivity index (χ3v) is 6.25. The second-order valence-electron chi connectivity index (χ2n) is 6.27. The number of aromatic nitrogens is 1. The number of thiophene rings is 1. The molecule has 0 aromatic carbocycles. The molecule has 1 saturated carbocycles. The Labute approximate surface area is 147 Å². The van der Waals surface area contributed by atoms with Crippen molar-refractivity contribution in [3.63, 3.8) is 0 Å². The van der Waals surface area contributed by atoms with E-state index in [0.29, 0.717) is 31.1 Å². The van der Waals surface area contributed by atoms with Crippen molar-refractivity contribution in [2.75, 3.05) is 6.54 Å². The molecule has 4 heterocycles. The Balaban J connectivity index is 1.43. The van der Waals surface area contributed by atoms with Crippen molar-refractivity contribution in [3.05, 3.63) is 39.2 Å². The minimum atomic E-state index is -0.586. The Morgan fingerprint density at radius 3 is 3.00 bits per heavy atom. The van der Waals surface area contributed by atoms with Crippen LogP contribution >= 0.6 is 22.9 Å². The van der Waals surface area contributed by atoms with E-state index < -0.39 is 5.91 Å². The van der Waals surface area contributed by atoms with E-state index in [9.17, 15) is 9.59 Å². The van der Waals surface area contributed by atoms with E-state index in [1.54, 1.807) is 0 Å². The summed E-state index contributed by atoms with van der Waals surface area (Å²) in [6.45, 7) is 0.707. The van der Waals surface area contributed by atoms with Gasteiger partial charge < -0.3 is 15.1 Å². The maximum atomic E-state index is 12.6. The van der Waals surface area contributed by atoms with E-state index in [0.717, 1.165) is 15.6 Å². The number of oxazole rings is 1. The number of hydrogen-bond acceptors (Lipinski definition) is 5. The summed E-state index contributed by atoms with van der Waals surface area (Å²) in [5.41, 5.74) is 5.54. The van der Waals surface area contributed by atoms with Crippen LogP contribution in [0.3, 0.4) is 0 Å². The number of rotatable bonds is 5. The van der Waals surface area contributed by atoms with Gasteiger partial charge in [0.15, 0.2) is 12.1 Å². The molecule has 1 aliphatic carbocycles. The number of carbonyl (C=O) groups excluding carboxylic acids is 2. The molecule has 2 aromatic heterocycles. The summed E-state index contributed by atoms with van der Waals surface area (Å²) in [5.74, 6) is 0.438. The van der Waals surface area contributed by atoms with Gasteiger partial charge in [0.2, 0.25) is 5.91 Å². The molecule has 3 fully saturated rings. The molecule has 24 heavy (non-hydrogen) atoms. The van der Waals surface area contributed by atoms with Crippen LogP contribution in [0.1, 0.15) is 39.9 Å². The Hall–Kier alpha value is -1.86. The van der Waals surface area contributed by atoms with E-state index >= 15 is 0 Å². The van der Waals surface area contributed by atoms with Gasteiger partial charge in [-0.05, 0) is 30.9 Å². The number of fused-ring (bicyclic) bond motifs is 1. The van der Waals surface area contributed by atoms with E-state index in [2.05, 4.69) is 4.98 Å². The highest BCUT2D eigenvalue weighted by molar-refractivity contribution is 7.16. The first kappa shape index (κ1) is 15.7. The summed E-state index contributed by atoms with van der Waals surface area (Å²) >= 11 is 7.43. The van der Waals surface area contributed by atoms with Crippen molar-refractivity contribution in [1.29, 1.82) is 0 Å². The van der Waals surface area contributed by atoms with Gasteiger partial charge in [0, 0.05) is 29.8 Å². The lowest BCUT2D eigenvalue weighted by Crippen LogP contribution is -2.40. The Kier molecular flexibility index (Phi) is 3.85. The van der Waals surface area contributed by atoms with Gasteiger partial charge in [0.25, 0.3) is 5.91 Å². The number of hydrogen-bond donors (Lipinski definition) is 1. The first-order chi connectivity index (χ1) is 11.5. The lowest BCUT2D eigenvalue weighted by molar-refractivity contribution is -0.131. The van der Waals surface area contributed by atoms with E-state index in [1.807, 2.05) is 17.0 Å². The molecule has 0 spiro atoms. The van der Waals surface area contributed by atoms with Gasteiger partial charge in [0.05, 0.1) is 4.34 Å². The van der Waals surface area contributed by atoms with Crippen LogP contribution in [0, 0.1) is 5.92 Å². The van der Waals surface area contributed by atoms with Crippen LogP contribution in [0.2, 0.25) is 4.34 Å². The molecule has 3 atom stereocenters. The van der Waals surface area contributed by atoms with Gasteiger partial charge in [0.1, 0.15) is 5.76 Å². The molecular weight excluding hydrogens is 350 g/mol. The summed E-state index contributed by atoms with van der Waals surface area (Å²) < 4.78 is 6.15. The second-order valence-corrected chi connectivity index (χ2v) is 8.07. The van der Waals surface area contributed by atoms with Gasteiger partial charge in [-0.15, -0.1) is 11.3 Å². The zero-order valence-corrected chi connectivity index (χ0v) is 14.3. The summed E-state index contributed by atoms with van der Waals surface area (Å²) in [6.07, 6.45) is 3.36. The highest BCUT2D eigenvalue weighted by atomic mass is 35.5. The minimum absolute atomic E-state index is 0.0372. The van der Waals surface area contributed by atoms with Crippen LogP contribution in [0.5, 0.6) is 0 Å². The molecular formula is C16H16ClN3O3S. The third kappa shape index (κ3) is 2.52. The second kappa shape index (κ2) is 5.89. The highest BCUT2D eigenvalue weighted by Gasteiger charge is 2.56. The molecule has 2 aromatic rings. The lowest BCUT2D eigenvalue weighted by Gasteiger charge is -2.35. The van der Waals surface area contributed by atoms with Crippen molar-refractivity contribution in [2.45, 2.75) is 31.2 Å². The van der Waals surface area contributed by atoms with E-state index in [4.69, 9.17) is 21.8 Å². The largest absolute Gasteiger partial charge is 0.447 e. The number of nitrogens with zero attached hydrogens (tertiary/aromatic N) is 2. The number of amides is 2. The molecule has 8 heteroatoms. The van der Waals surface area contributed by atoms with Gasteiger partial charge in [-0.3, -0.25) is 9.59 Å². The molecule has 5 rings (SSSR count). The van der Waals surface area contributed by atoms with Crippen LogP contribution in [0.15, 0.2) is 22.9 Å². The normalized spacial score (nSPS) is 24.9. The quantitative estimate of drug-likeness (QED) is 0.881. The molecule has 2 bridgehead atoms. The fraction of sp³-hybridized carbons (Fsp3) is 0.438. The highest BCUT2D eigenvalue weighted by Crippen LogP contribution is 2.53. The summed E-state index contributed by atoms with van der Waals surface area (Å²) in [6, 6.07) is 3.89. The van der Waals surface area contributed by atoms with Crippen LogP contribution in [0.25, 0.3) is 0 Å². The van der Waals surface area contributed by atoms with E-state index in [-0.39, 0.29) is 23.6 Å². The minimum Gasteiger partial charge on any atom is -0.447 e. The molecule has 6 nitrogen and oxygen atoms in total. The molecule has 2 saturated heterocycles. The zero-order valence-electron chi connectivity index (χ0n) is 12.8.